The van der Waals surface area contributed by atoms with Crippen LogP contribution in [0.25, 0.3) is 5.69 Å². The molecule has 1 aliphatic rings. The van der Waals surface area contributed by atoms with Gasteiger partial charge in [-0.25, -0.2) is 0 Å². The van der Waals surface area contributed by atoms with Crippen molar-refractivity contribution in [1.29, 1.82) is 0 Å². The molecule has 208 valence electrons. The molecule has 0 unspecified atom stereocenters. The number of carbonyl (C=O) groups excluding carboxylic acids is 1. The minimum absolute atomic E-state index is 0.129. The van der Waals surface area contributed by atoms with Gasteiger partial charge in [0.2, 0.25) is 5.91 Å². The van der Waals surface area contributed by atoms with E-state index in [1.54, 1.807) is 18.2 Å². The highest BCUT2D eigenvalue weighted by molar-refractivity contribution is 7.99. The molecule has 4 aromatic rings. The fourth-order valence-electron chi connectivity index (χ4n) is 4.98. The summed E-state index contributed by atoms with van der Waals surface area (Å²) in [4.78, 5) is 15.2. The third-order valence-electron chi connectivity index (χ3n) is 7.22. The number of rotatable bonds is 9. The molecule has 0 N–H and O–H groups in total. The Hall–Kier alpha value is -3.00. The SMILES string of the molecule is Cc1ccc(C)c(-n2c(COc3ccc(Cl)cc3Cl)nnc2SCC(=O)N2CCC(Cc3ccccc3)CC2)c1. The van der Waals surface area contributed by atoms with E-state index >= 15 is 0 Å². The van der Waals surface area contributed by atoms with Gasteiger partial charge in [0.05, 0.1) is 16.5 Å². The molecular weight excluding hydrogens is 563 g/mol. The first-order chi connectivity index (χ1) is 19.4. The molecule has 0 radical (unpaired) electrons. The number of thioether (sulfide) groups is 1. The van der Waals surface area contributed by atoms with Crippen LogP contribution in [-0.4, -0.2) is 44.4 Å². The molecule has 0 spiro atoms. The maximum Gasteiger partial charge on any atom is 0.233 e. The van der Waals surface area contributed by atoms with Crippen molar-refractivity contribution in [2.24, 2.45) is 5.92 Å². The molecule has 1 aromatic heterocycles. The molecule has 40 heavy (non-hydrogen) atoms. The largest absolute Gasteiger partial charge is 0.484 e. The maximum atomic E-state index is 13.2. The van der Waals surface area contributed by atoms with Crippen molar-refractivity contribution in [3.05, 3.63) is 99.3 Å². The number of halogens is 2. The summed E-state index contributed by atoms with van der Waals surface area (Å²) in [5, 5.41) is 10.5. The number of likely N-dealkylation sites (tertiary alicyclic amines) is 1. The van der Waals surface area contributed by atoms with E-state index in [-0.39, 0.29) is 12.5 Å². The van der Waals surface area contributed by atoms with E-state index in [1.165, 1.54) is 17.3 Å². The first-order valence-electron chi connectivity index (χ1n) is 13.4. The standard InChI is InChI=1S/C31H32Cl2N4O2S/c1-21-8-9-22(2)27(16-21)37-29(19-39-28-11-10-25(32)18-26(28)33)34-35-31(37)40-20-30(38)36-14-12-24(13-15-36)17-23-6-4-3-5-7-23/h3-11,16,18,24H,12-15,17,19-20H2,1-2H3. The number of ether oxygens (including phenoxy) is 1. The lowest BCUT2D eigenvalue weighted by atomic mass is 9.90. The van der Waals surface area contributed by atoms with Crippen molar-refractivity contribution in [2.75, 3.05) is 18.8 Å². The number of aryl methyl sites for hydroxylation is 2. The van der Waals surface area contributed by atoms with Crippen LogP contribution in [0.15, 0.2) is 71.9 Å². The van der Waals surface area contributed by atoms with E-state index in [9.17, 15) is 4.79 Å². The zero-order chi connectivity index (χ0) is 28.1. The van der Waals surface area contributed by atoms with Gasteiger partial charge in [0.25, 0.3) is 0 Å². The highest BCUT2D eigenvalue weighted by Crippen LogP contribution is 2.30. The van der Waals surface area contributed by atoms with Crippen LogP contribution in [0.2, 0.25) is 10.0 Å². The van der Waals surface area contributed by atoms with Crippen LogP contribution in [0.3, 0.4) is 0 Å². The summed E-state index contributed by atoms with van der Waals surface area (Å²) in [6.45, 7) is 5.84. The number of amides is 1. The highest BCUT2D eigenvalue weighted by Gasteiger charge is 2.24. The predicted molar refractivity (Wildman–Crippen MR) is 162 cm³/mol. The minimum Gasteiger partial charge on any atom is -0.484 e. The summed E-state index contributed by atoms with van der Waals surface area (Å²) in [6.07, 6.45) is 3.13. The quantitative estimate of drug-likeness (QED) is 0.190. The van der Waals surface area contributed by atoms with E-state index in [2.05, 4.69) is 72.6 Å². The van der Waals surface area contributed by atoms with Gasteiger partial charge in [-0.05, 0) is 80.0 Å². The summed E-state index contributed by atoms with van der Waals surface area (Å²) >= 11 is 13.8. The number of hydrogen-bond acceptors (Lipinski definition) is 5. The highest BCUT2D eigenvalue weighted by atomic mass is 35.5. The van der Waals surface area contributed by atoms with E-state index in [4.69, 9.17) is 27.9 Å². The molecule has 0 saturated carbocycles. The minimum atomic E-state index is 0.129. The normalized spacial score (nSPS) is 13.9. The predicted octanol–water partition coefficient (Wildman–Crippen LogP) is 7.34. The van der Waals surface area contributed by atoms with Crippen LogP contribution in [0.4, 0.5) is 0 Å². The molecule has 1 amide bonds. The summed E-state index contributed by atoms with van der Waals surface area (Å²) < 4.78 is 7.98. The number of piperidine rings is 1. The third kappa shape index (κ3) is 7.00. The summed E-state index contributed by atoms with van der Waals surface area (Å²) in [5.74, 6) is 2.18. The molecule has 1 aliphatic heterocycles. The molecule has 9 heteroatoms. The van der Waals surface area contributed by atoms with E-state index in [0.717, 1.165) is 49.2 Å². The van der Waals surface area contributed by atoms with Gasteiger partial charge in [-0.1, -0.05) is 77.4 Å². The van der Waals surface area contributed by atoms with E-state index in [0.29, 0.717) is 38.4 Å². The summed E-state index contributed by atoms with van der Waals surface area (Å²) in [5.41, 5.74) is 4.52. The maximum absolute atomic E-state index is 13.2. The van der Waals surface area contributed by atoms with E-state index < -0.39 is 0 Å². The molecule has 0 bridgehead atoms. The Kier molecular flexibility index (Phi) is 9.35. The Morgan fingerprint density at radius 3 is 2.52 bits per heavy atom. The Bertz CT molecular complexity index is 1470. The Morgan fingerprint density at radius 2 is 1.77 bits per heavy atom. The van der Waals surface area contributed by atoms with Crippen molar-refractivity contribution in [1.82, 2.24) is 19.7 Å². The zero-order valence-electron chi connectivity index (χ0n) is 22.6. The molecule has 6 nitrogen and oxygen atoms in total. The van der Waals surface area contributed by atoms with Crippen LogP contribution in [0.5, 0.6) is 5.75 Å². The summed E-state index contributed by atoms with van der Waals surface area (Å²) in [7, 11) is 0. The monoisotopic (exact) mass is 594 g/mol. The van der Waals surface area contributed by atoms with Crippen molar-refractivity contribution in [3.8, 4) is 11.4 Å². The zero-order valence-corrected chi connectivity index (χ0v) is 25.0. The second-order valence-corrected chi connectivity index (χ2v) is 12.0. The van der Waals surface area contributed by atoms with Gasteiger partial charge in [-0.3, -0.25) is 9.36 Å². The molecule has 5 rings (SSSR count). The van der Waals surface area contributed by atoms with Gasteiger partial charge >= 0.3 is 0 Å². The lowest BCUT2D eigenvalue weighted by molar-refractivity contribution is -0.129. The fraction of sp³-hybridized carbons (Fsp3) is 0.323. The van der Waals surface area contributed by atoms with Crippen molar-refractivity contribution in [3.63, 3.8) is 0 Å². The van der Waals surface area contributed by atoms with E-state index in [1.807, 2.05) is 9.47 Å². The lowest BCUT2D eigenvalue weighted by Gasteiger charge is -2.32. The van der Waals surface area contributed by atoms with Gasteiger partial charge in [0.15, 0.2) is 11.0 Å². The van der Waals surface area contributed by atoms with Gasteiger partial charge in [0, 0.05) is 18.1 Å². The average molecular weight is 596 g/mol. The second kappa shape index (κ2) is 13.1. The Morgan fingerprint density at radius 1 is 1.00 bits per heavy atom. The van der Waals surface area contributed by atoms with Crippen LogP contribution in [-0.2, 0) is 17.8 Å². The number of aromatic nitrogens is 3. The number of carbonyl (C=O) groups is 1. The smallest absolute Gasteiger partial charge is 0.233 e. The first-order valence-corrected chi connectivity index (χ1v) is 15.2. The van der Waals surface area contributed by atoms with Crippen molar-refractivity contribution >= 4 is 40.9 Å². The van der Waals surface area contributed by atoms with Crippen LogP contribution >= 0.6 is 35.0 Å². The Labute approximate surface area is 249 Å². The number of benzene rings is 3. The van der Waals surface area contributed by atoms with Crippen LogP contribution in [0.1, 0.15) is 35.4 Å². The molecule has 0 aliphatic carbocycles. The van der Waals surface area contributed by atoms with Gasteiger partial charge < -0.3 is 9.64 Å². The van der Waals surface area contributed by atoms with Gasteiger partial charge in [-0.2, -0.15) is 0 Å². The van der Waals surface area contributed by atoms with Gasteiger partial charge in [0.1, 0.15) is 12.4 Å². The van der Waals surface area contributed by atoms with Crippen LogP contribution < -0.4 is 4.74 Å². The molecular formula is C31H32Cl2N4O2S. The second-order valence-electron chi connectivity index (χ2n) is 10.2. The molecule has 1 saturated heterocycles. The molecule has 2 heterocycles. The molecule has 1 fully saturated rings. The number of hydrogen-bond donors (Lipinski definition) is 0. The molecule has 0 atom stereocenters. The average Bonchev–Trinajstić information content (AvgIpc) is 3.36. The number of nitrogens with zero attached hydrogens (tertiary/aromatic N) is 4. The van der Waals surface area contributed by atoms with Crippen LogP contribution in [0, 0.1) is 19.8 Å². The Balaban J connectivity index is 1.26. The van der Waals surface area contributed by atoms with Crippen molar-refractivity contribution < 1.29 is 9.53 Å². The first kappa shape index (κ1) is 28.5. The van der Waals surface area contributed by atoms with Gasteiger partial charge in [-0.15, -0.1) is 10.2 Å². The topological polar surface area (TPSA) is 60.2 Å². The van der Waals surface area contributed by atoms with Crippen molar-refractivity contribution in [2.45, 2.75) is 44.9 Å². The third-order valence-corrected chi connectivity index (χ3v) is 8.66. The molecule has 3 aromatic carbocycles. The summed E-state index contributed by atoms with van der Waals surface area (Å²) in [6, 6.07) is 22.0. The fourth-order valence-corrected chi connectivity index (χ4v) is 6.31. The lowest BCUT2D eigenvalue weighted by Crippen LogP contribution is -2.39.